The Bertz CT molecular complexity index is 516. The summed E-state index contributed by atoms with van der Waals surface area (Å²) >= 11 is 0. The van der Waals surface area contributed by atoms with Gasteiger partial charge in [-0.3, -0.25) is 4.99 Å². The smallest absolute Gasteiger partial charge is 0.409 e. The minimum Gasteiger partial charge on any atom is -0.467 e. The van der Waals surface area contributed by atoms with Crippen LogP contribution in [0.5, 0.6) is 0 Å². The number of hydrogen-bond acceptors (Lipinski definition) is 5. The van der Waals surface area contributed by atoms with Crippen LogP contribution < -0.4 is 11.1 Å². The number of halogens is 1. The molecule has 1 aliphatic rings. The zero-order valence-electron chi connectivity index (χ0n) is 13.7. The molecular formula is C15H25IN4O4. The number of piperidine rings is 1. The number of nitrogens with zero attached hydrogens (tertiary/aromatic N) is 2. The van der Waals surface area contributed by atoms with E-state index in [1.807, 2.05) is 0 Å². The summed E-state index contributed by atoms with van der Waals surface area (Å²) in [6.45, 7) is 3.56. The van der Waals surface area contributed by atoms with Gasteiger partial charge in [0, 0.05) is 19.1 Å². The second-order valence-corrected chi connectivity index (χ2v) is 5.36. The van der Waals surface area contributed by atoms with Crippen LogP contribution in [0.3, 0.4) is 0 Å². The molecule has 1 atom stereocenters. The van der Waals surface area contributed by atoms with E-state index >= 15 is 0 Å². The predicted molar refractivity (Wildman–Crippen MR) is 100 cm³/mol. The Balaban J connectivity index is 0.00000288. The first kappa shape index (κ1) is 20.6. The molecule has 0 saturated carbocycles. The highest BCUT2D eigenvalue weighted by Gasteiger charge is 2.23. The number of aliphatic hydroxyl groups excluding tert-OH is 1. The van der Waals surface area contributed by atoms with E-state index in [0.717, 1.165) is 12.8 Å². The Kier molecular flexibility index (Phi) is 8.90. The van der Waals surface area contributed by atoms with Gasteiger partial charge < -0.3 is 30.2 Å². The van der Waals surface area contributed by atoms with Gasteiger partial charge in [0.15, 0.2) is 5.96 Å². The van der Waals surface area contributed by atoms with Crippen LogP contribution in [0.4, 0.5) is 4.79 Å². The maximum atomic E-state index is 11.6. The molecule has 1 aromatic rings. The first-order chi connectivity index (χ1) is 11.1. The molecule has 1 aliphatic heterocycles. The molecule has 2 heterocycles. The average Bonchev–Trinajstić information content (AvgIpc) is 3.08. The third kappa shape index (κ3) is 6.19. The minimum absolute atomic E-state index is 0. The van der Waals surface area contributed by atoms with Crippen molar-refractivity contribution < 1.29 is 19.1 Å². The Labute approximate surface area is 158 Å². The molecule has 1 aromatic heterocycles. The number of amides is 1. The van der Waals surface area contributed by atoms with Crippen molar-refractivity contribution in [3.05, 3.63) is 24.2 Å². The van der Waals surface area contributed by atoms with Gasteiger partial charge in [-0.15, -0.1) is 24.0 Å². The van der Waals surface area contributed by atoms with Crippen molar-refractivity contribution in [3.8, 4) is 0 Å². The molecule has 1 unspecified atom stereocenters. The van der Waals surface area contributed by atoms with Gasteiger partial charge in [0.2, 0.25) is 0 Å². The highest BCUT2D eigenvalue weighted by atomic mass is 127. The van der Waals surface area contributed by atoms with E-state index < -0.39 is 6.10 Å². The highest BCUT2D eigenvalue weighted by Crippen LogP contribution is 2.13. The summed E-state index contributed by atoms with van der Waals surface area (Å²) in [7, 11) is 0. The number of nitrogens with two attached hydrogens (primary N) is 1. The van der Waals surface area contributed by atoms with E-state index in [0.29, 0.717) is 25.5 Å². The fraction of sp³-hybridized carbons (Fsp3) is 0.600. The molecule has 1 amide bonds. The molecule has 9 heteroatoms. The number of carbonyl (C=O) groups is 1. The van der Waals surface area contributed by atoms with Gasteiger partial charge in [0.25, 0.3) is 0 Å². The standard InChI is InChI=1S/C15H24N4O4.HI/c1-2-22-15(21)19-7-5-11(6-8-19)18-14(16)17-10-12(20)13-4-3-9-23-13;/h3-4,9,11-12,20H,2,5-8,10H2,1H3,(H3,16,17,18);1H. The maximum absolute atomic E-state index is 11.6. The van der Waals surface area contributed by atoms with Gasteiger partial charge in [0.05, 0.1) is 19.4 Å². The lowest BCUT2D eigenvalue weighted by Crippen LogP contribution is -2.48. The number of aliphatic imine (C=N–C) groups is 1. The summed E-state index contributed by atoms with van der Waals surface area (Å²) < 4.78 is 10.1. The van der Waals surface area contributed by atoms with Crippen molar-refractivity contribution in [2.75, 3.05) is 26.2 Å². The molecular weight excluding hydrogens is 427 g/mol. The molecule has 0 radical (unpaired) electrons. The SMILES string of the molecule is CCOC(=O)N1CCC(NC(N)=NCC(O)c2ccco2)CC1.I. The Morgan fingerprint density at radius 3 is 2.88 bits per heavy atom. The van der Waals surface area contributed by atoms with Gasteiger partial charge in [-0.25, -0.2) is 4.79 Å². The number of hydrogen-bond donors (Lipinski definition) is 3. The number of likely N-dealkylation sites (tertiary alicyclic amines) is 1. The number of ether oxygens (including phenoxy) is 1. The first-order valence-corrected chi connectivity index (χ1v) is 7.79. The van der Waals surface area contributed by atoms with E-state index in [1.165, 1.54) is 6.26 Å². The number of furan rings is 1. The molecule has 0 spiro atoms. The zero-order valence-corrected chi connectivity index (χ0v) is 16.0. The van der Waals surface area contributed by atoms with Crippen LogP contribution in [0.15, 0.2) is 27.8 Å². The lowest BCUT2D eigenvalue weighted by atomic mass is 10.1. The van der Waals surface area contributed by atoms with Gasteiger partial charge in [-0.05, 0) is 31.9 Å². The Morgan fingerprint density at radius 2 is 2.29 bits per heavy atom. The topological polar surface area (TPSA) is 113 Å². The summed E-state index contributed by atoms with van der Waals surface area (Å²) in [5, 5.41) is 13.0. The Morgan fingerprint density at radius 1 is 1.58 bits per heavy atom. The van der Waals surface area contributed by atoms with Crippen LogP contribution in [0.1, 0.15) is 31.6 Å². The number of carbonyl (C=O) groups excluding carboxylic acids is 1. The molecule has 24 heavy (non-hydrogen) atoms. The summed E-state index contributed by atoms with van der Waals surface area (Å²) in [6.07, 6.45) is 1.97. The second-order valence-electron chi connectivity index (χ2n) is 5.36. The monoisotopic (exact) mass is 452 g/mol. The van der Waals surface area contributed by atoms with Crippen LogP contribution in [0.2, 0.25) is 0 Å². The summed E-state index contributed by atoms with van der Waals surface area (Å²) in [5.74, 6) is 0.745. The maximum Gasteiger partial charge on any atom is 0.409 e. The van der Waals surface area contributed by atoms with Crippen LogP contribution in [-0.2, 0) is 4.74 Å². The molecule has 136 valence electrons. The van der Waals surface area contributed by atoms with E-state index in [4.69, 9.17) is 14.9 Å². The molecule has 0 aliphatic carbocycles. The number of rotatable bonds is 5. The van der Waals surface area contributed by atoms with Gasteiger partial charge in [-0.1, -0.05) is 0 Å². The number of nitrogens with one attached hydrogen (secondary N) is 1. The van der Waals surface area contributed by atoms with Crippen molar-refractivity contribution in [3.63, 3.8) is 0 Å². The van der Waals surface area contributed by atoms with Crippen molar-refractivity contribution in [1.29, 1.82) is 0 Å². The fourth-order valence-electron chi connectivity index (χ4n) is 2.43. The quantitative estimate of drug-likeness (QED) is 0.354. The highest BCUT2D eigenvalue weighted by molar-refractivity contribution is 14.0. The molecule has 0 aromatic carbocycles. The molecule has 2 rings (SSSR count). The van der Waals surface area contributed by atoms with Gasteiger partial charge in [-0.2, -0.15) is 0 Å². The fourth-order valence-corrected chi connectivity index (χ4v) is 2.43. The van der Waals surface area contributed by atoms with E-state index in [9.17, 15) is 9.90 Å². The number of aliphatic hydroxyl groups is 1. The predicted octanol–water partition coefficient (Wildman–Crippen LogP) is 1.46. The van der Waals surface area contributed by atoms with Crippen molar-refractivity contribution in [2.24, 2.45) is 10.7 Å². The third-order valence-corrected chi connectivity index (χ3v) is 3.68. The van der Waals surface area contributed by atoms with Crippen LogP contribution in [-0.4, -0.2) is 54.3 Å². The van der Waals surface area contributed by atoms with Crippen LogP contribution in [0.25, 0.3) is 0 Å². The Hall–Kier alpha value is -1.49. The zero-order chi connectivity index (χ0) is 16.7. The largest absolute Gasteiger partial charge is 0.467 e. The summed E-state index contributed by atoms with van der Waals surface area (Å²) in [4.78, 5) is 17.4. The number of guanidine groups is 1. The van der Waals surface area contributed by atoms with Crippen molar-refractivity contribution >= 4 is 36.0 Å². The molecule has 4 N–H and O–H groups in total. The first-order valence-electron chi connectivity index (χ1n) is 7.79. The summed E-state index contributed by atoms with van der Waals surface area (Å²) in [6, 6.07) is 3.56. The molecule has 8 nitrogen and oxygen atoms in total. The average molecular weight is 452 g/mol. The second kappa shape index (κ2) is 10.4. The van der Waals surface area contributed by atoms with Crippen LogP contribution in [0, 0.1) is 0 Å². The van der Waals surface area contributed by atoms with E-state index in [1.54, 1.807) is 24.0 Å². The lowest BCUT2D eigenvalue weighted by molar-refractivity contribution is 0.0963. The summed E-state index contributed by atoms with van der Waals surface area (Å²) in [5.41, 5.74) is 5.84. The van der Waals surface area contributed by atoms with Gasteiger partial charge in [0.1, 0.15) is 11.9 Å². The third-order valence-electron chi connectivity index (χ3n) is 3.68. The molecule has 1 fully saturated rings. The van der Waals surface area contributed by atoms with Gasteiger partial charge >= 0.3 is 6.09 Å². The van der Waals surface area contributed by atoms with E-state index in [-0.39, 0.29) is 48.6 Å². The van der Waals surface area contributed by atoms with Crippen molar-refractivity contribution in [2.45, 2.75) is 31.9 Å². The normalized spacial score (nSPS) is 17.1. The molecule has 1 saturated heterocycles. The van der Waals surface area contributed by atoms with Crippen molar-refractivity contribution in [1.82, 2.24) is 10.2 Å². The van der Waals surface area contributed by atoms with Crippen LogP contribution >= 0.6 is 24.0 Å². The van der Waals surface area contributed by atoms with E-state index in [2.05, 4.69) is 10.3 Å². The lowest BCUT2D eigenvalue weighted by Gasteiger charge is -2.31. The molecule has 0 bridgehead atoms. The minimum atomic E-state index is -0.809.